The van der Waals surface area contributed by atoms with E-state index in [1.807, 2.05) is 0 Å². The van der Waals surface area contributed by atoms with Gasteiger partial charge in [0.05, 0.1) is 6.42 Å². The van der Waals surface area contributed by atoms with Crippen LogP contribution in [-0.4, -0.2) is 44.5 Å². The number of nitrogens with zero attached hydrogens (tertiary/aromatic N) is 3. The Morgan fingerprint density at radius 1 is 1.15 bits per heavy atom. The van der Waals surface area contributed by atoms with Crippen LogP contribution in [0.3, 0.4) is 0 Å². The molecule has 0 saturated carbocycles. The second-order valence-electron chi connectivity index (χ2n) is 7.20. The van der Waals surface area contributed by atoms with Crippen molar-refractivity contribution in [1.29, 1.82) is 0 Å². The third-order valence-electron chi connectivity index (χ3n) is 3.70. The van der Waals surface area contributed by atoms with E-state index in [0.717, 1.165) is 12.1 Å². The van der Waals surface area contributed by atoms with E-state index in [0.29, 0.717) is 0 Å². The zero-order valence-electron chi connectivity index (χ0n) is 14.9. The molecule has 0 radical (unpaired) electrons. The van der Waals surface area contributed by atoms with Crippen LogP contribution < -0.4 is 5.32 Å². The summed E-state index contributed by atoms with van der Waals surface area (Å²) in [5.74, 6) is -1.08. The van der Waals surface area contributed by atoms with Gasteiger partial charge in [-0.2, -0.15) is 13.2 Å². The highest BCUT2D eigenvalue weighted by Crippen LogP contribution is 2.32. The van der Waals surface area contributed by atoms with Gasteiger partial charge in [0.2, 0.25) is 11.9 Å². The van der Waals surface area contributed by atoms with Crippen LogP contribution >= 0.6 is 0 Å². The number of aliphatic hydroxyl groups is 1. The summed E-state index contributed by atoms with van der Waals surface area (Å²) in [7, 11) is 0. The van der Waals surface area contributed by atoms with Gasteiger partial charge in [0.25, 0.3) is 0 Å². The number of rotatable bonds is 5. The van der Waals surface area contributed by atoms with Gasteiger partial charge < -0.3 is 5.11 Å². The number of hydrogen-bond donors (Lipinski definition) is 2. The molecule has 2 aromatic heterocycles. The fourth-order valence-electron chi connectivity index (χ4n) is 2.43. The predicted molar refractivity (Wildman–Crippen MR) is 87.7 cm³/mol. The van der Waals surface area contributed by atoms with Crippen LogP contribution in [0, 0.1) is 0 Å². The largest absolute Gasteiger partial charge is 0.433 e. The number of hydrogen-bond acceptors (Lipinski definition) is 4. The number of carbonyl (C=O) groups excluding carboxylic acids is 1. The second kappa shape index (κ2) is 7.02. The molecule has 0 unspecified atom stereocenters. The lowest BCUT2D eigenvalue weighted by Gasteiger charge is -2.25. The summed E-state index contributed by atoms with van der Waals surface area (Å²) in [4.78, 5) is 19.7. The molecule has 0 aliphatic heterocycles. The summed E-state index contributed by atoms with van der Waals surface area (Å²) in [5.41, 5.74) is -4.43. The number of fused-ring (bicyclic) bond motifs is 1. The first-order valence-electron chi connectivity index (χ1n) is 7.92. The Morgan fingerprint density at radius 3 is 2.22 bits per heavy atom. The van der Waals surface area contributed by atoms with Gasteiger partial charge in [-0.25, -0.2) is 18.7 Å². The fraction of sp³-hybridized carbons (Fsp3) is 0.562. The molecule has 0 aliphatic carbocycles. The lowest BCUT2D eigenvalue weighted by molar-refractivity contribution is -0.141. The van der Waals surface area contributed by atoms with Crippen molar-refractivity contribution in [3.05, 3.63) is 17.8 Å². The molecule has 2 N–H and O–H groups in total. The molecule has 0 saturated heterocycles. The lowest BCUT2D eigenvalue weighted by atomic mass is 10.0. The van der Waals surface area contributed by atoms with Gasteiger partial charge in [0.15, 0.2) is 5.65 Å². The maximum atomic E-state index is 13.0. The van der Waals surface area contributed by atoms with E-state index >= 15 is 0 Å². The molecule has 0 atom stereocenters. The summed E-state index contributed by atoms with van der Waals surface area (Å²) in [6.07, 6.45) is -5.54. The summed E-state index contributed by atoms with van der Waals surface area (Å²) in [6, 6.07) is 1.88. The number of aromatic nitrogens is 3. The molecule has 1 amide bonds. The average Bonchev–Trinajstić information content (AvgIpc) is 2.90. The second-order valence-corrected chi connectivity index (χ2v) is 7.20. The molecule has 0 aliphatic rings. The summed E-state index contributed by atoms with van der Waals surface area (Å²) in [5, 5.41) is 11.9. The van der Waals surface area contributed by atoms with E-state index in [-0.39, 0.29) is 17.1 Å². The van der Waals surface area contributed by atoms with E-state index < -0.39 is 48.7 Å². The molecule has 27 heavy (non-hydrogen) atoms. The van der Waals surface area contributed by atoms with Crippen LogP contribution in [0.1, 0.15) is 32.9 Å². The van der Waals surface area contributed by atoms with E-state index in [9.17, 15) is 31.9 Å². The highest BCUT2D eigenvalue weighted by Gasteiger charge is 2.35. The molecule has 2 rings (SSSR count). The normalized spacial score (nSPS) is 13.2. The van der Waals surface area contributed by atoms with Gasteiger partial charge >= 0.3 is 6.18 Å². The minimum Gasteiger partial charge on any atom is -0.384 e. The van der Waals surface area contributed by atoms with Crippen LogP contribution in [0.25, 0.3) is 11.2 Å². The van der Waals surface area contributed by atoms with Crippen LogP contribution in [0.2, 0.25) is 0 Å². The summed E-state index contributed by atoms with van der Waals surface area (Å²) in [6.45, 7) is 2.04. The van der Waals surface area contributed by atoms with Crippen molar-refractivity contribution in [3.8, 4) is 0 Å². The van der Waals surface area contributed by atoms with E-state index in [1.165, 1.54) is 4.57 Å². The molecule has 0 bridgehead atoms. The lowest BCUT2D eigenvalue weighted by Crippen LogP contribution is -2.39. The zero-order chi connectivity index (χ0) is 20.6. The van der Waals surface area contributed by atoms with Gasteiger partial charge in [0, 0.05) is 5.54 Å². The minimum atomic E-state index is -4.66. The summed E-state index contributed by atoms with van der Waals surface area (Å²) >= 11 is 0. The van der Waals surface area contributed by atoms with Crippen LogP contribution in [0.5, 0.6) is 0 Å². The van der Waals surface area contributed by atoms with Crippen molar-refractivity contribution in [2.75, 3.05) is 18.7 Å². The molecular weight excluding hydrogens is 375 g/mol. The standard InChI is InChI=1S/C16H19F5N4O2/c1-14(2,3)25-12-9(4-5-10(23-12)16(19,20)21)22-13(25)24-11(26)6-15(27,7-17)8-18/h4-5,27H,6-8H2,1-3H3,(H,22,24,26). The van der Waals surface area contributed by atoms with E-state index in [1.54, 1.807) is 20.8 Å². The van der Waals surface area contributed by atoms with Gasteiger partial charge in [-0.05, 0) is 32.9 Å². The molecule has 0 aromatic carbocycles. The Balaban J connectivity index is 2.49. The van der Waals surface area contributed by atoms with Crippen molar-refractivity contribution in [2.24, 2.45) is 0 Å². The summed E-state index contributed by atoms with van der Waals surface area (Å²) < 4.78 is 65.6. The van der Waals surface area contributed by atoms with Crippen LogP contribution in [-0.2, 0) is 16.5 Å². The fourth-order valence-corrected chi connectivity index (χ4v) is 2.43. The Labute approximate surface area is 151 Å². The highest BCUT2D eigenvalue weighted by molar-refractivity contribution is 5.91. The van der Waals surface area contributed by atoms with Gasteiger partial charge in [-0.1, -0.05) is 0 Å². The van der Waals surface area contributed by atoms with Crippen LogP contribution in [0.4, 0.5) is 27.9 Å². The number of carbonyl (C=O) groups is 1. The molecule has 2 heterocycles. The SMILES string of the molecule is CC(C)(C)n1c(NC(=O)CC(O)(CF)CF)nc2ccc(C(F)(F)F)nc21. The number of amides is 1. The molecule has 2 aromatic rings. The quantitative estimate of drug-likeness (QED) is 0.764. The number of pyridine rings is 1. The Morgan fingerprint density at radius 2 is 1.74 bits per heavy atom. The maximum Gasteiger partial charge on any atom is 0.433 e. The Bertz CT molecular complexity index is 838. The minimum absolute atomic E-state index is 0.0967. The first-order chi connectivity index (χ1) is 12.3. The number of imidazole rings is 1. The maximum absolute atomic E-state index is 13.0. The van der Waals surface area contributed by atoms with E-state index in [4.69, 9.17) is 0 Å². The zero-order valence-corrected chi connectivity index (χ0v) is 14.9. The topological polar surface area (TPSA) is 80.0 Å². The van der Waals surface area contributed by atoms with Crippen LogP contribution in [0.15, 0.2) is 12.1 Å². The molecule has 0 fully saturated rings. The average molecular weight is 394 g/mol. The van der Waals surface area contributed by atoms with Gasteiger partial charge in [-0.15, -0.1) is 0 Å². The molecule has 0 spiro atoms. The monoisotopic (exact) mass is 394 g/mol. The van der Waals surface area contributed by atoms with Crippen molar-refractivity contribution in [1.82, 2.24) is 14.5 Å². The number of anilines is 1. The number of alkyl halides is 5. The Kier molecular flexibility index (Phi) is 5.46. The molecule has 6 nitrogen and oxygen atoms in total. The third-order valence-corrected chi connectivity index (χ3v) is 3.70. The van der Waals surface area contributed by atoms with Crippen molar-refractivity contribution < 1.29 is 31.9 Å². The molecule has 150 valence electrons. The van der Waals surface area contributed by atoms with Gasteiger partial charge in [0.1, 0.15) is 30.2 Å². The van der Waals surface area contributed by atoms with Gasteiger partial charge in [-0.3, -0.25) is 14.7 Å². The van der Waals surface area contributed by atoms with Crippen molar-refractivity contribution in [3.63, 3.8) is 0 Å². The smallest absolute Gasteiger partial charge is 0.384 e. The first kappa shape index (κ1) is 21.0. The number of halogens is 5. The Hall–Kier alpha value is -2.30. The molecular formula is C16H19F5N4O2. The first-order valence-corrected chi connectivity index (χ1v) is 7.92. The van der Waals surface area contributed by atoms with Crippen molar-refractivity contribution >= 4 is 23.0 Å². The molecule has 11 heteroatoms. The highest BCUT2D eigenvalue weighted by atomic mass is 19.4. The van der Waals surface area contributed by atoms with Crippen molar-refractivity contribution in [2.45, 2.75) is 44.5 Å². The third kappa shape index (κ3) is 4.52. The van der Waals surface area contributed by atoms with E-state index in [2.05, 4.69) is 15.3 Å². The number of nitrogens with one attached hydrogen (secondary N) is 1. The predicted octanol–water partition coefficient (Wildman–Crippen LogP) is 3.20.